The van der Waals surface area contributed by atoms with Crippen molar-refractivity contribution >= 4 is 20.0 Å². The second-order valence-electron chi connectivity index (χ2n) is 7.39. The van der Waals surface area contributed by atoms with E-state index in [1.807, 2.05) is 30.3 Å². The molecule has 0 unspecified atom stereocenters. The van der Waals surface area contributed by atoms with Crippen molar-refractivity contribution in [3.63, 3.8) is 0 Å². The molecule has 1 heterocycles. The van der Waals surface area contributed by atoms with E-state index in [0.29, 0.717) is 31.9 Å². The maximum absolute atomic E-state index is 12.7. The van der Waals surface area contributed by atoms with Crippen molar-refractivity contribution < 1.29 is 26.3 Å². The van der Waals surface area contributed by atoms with Crippen LogP contribution in [0.2, 0.25) is 0 Å². The minimum Gasteiger partial charge on any atom is -0.493 e. The lowest BCUT2D eigenvalue weighted by atomic mass is 10.2. The third kappa shape index (κ3) is 6.20. The summed E-state index contributed by atoms with van der Waals surface area (Å²) in [5.74, 6) is 0.370. The molecule has 0 amide bonds. The molecule has 1 fully saturated rings. The number of hydrogen-bond acceptors (Lipinski definition) is 7. The van der Waals surface area contributed by atoms with Crippen LogP contribution in [-0.4, -0.2) is 78.7 Å². The zero-order chi connectivity index (χ0) is 23.2. The lowest BCUT2D eigenvalue weighted by Crippen LogP contribution is -2.49. The molecule has 1 saturated heterocycles. The Bertz CT molecular complexity index is 1100. The molecule has 0 aliphatic carbocycles. The second kappa shape index (κ2) is 10.6. The van der Waals surface area contributed by atoms with E-state index >= 15 is 0 Å². The van der Waals surface area contributed by atoms with Crippen LogP contribution in [0.1, 0.15) is 5.56 Å². The predicted octanol–water partition coefficient (Wildman–Crippen LogP) is 1.13. The van der Waals surface area contributed by atoms with Gasteiger partial charge in [-0.3, -0.25) is 4.90 Å². The van der Waals surface area contributed by atoms with E-state index in [4.69, 9.17) is 9.47 Å². The van der Waals surface area contributed by atoms with E-state index in [9.17, 15) is 16.8 Å². The molecule has 3 rings (SSSR count). The van der Waals surface area contributed by atoms with Crippen LogP contribution < -0.4 is 14.2 Å². The van der Waals surface area contributed by atoms with Gasteiger partial charge in [-0.1, -0.05) is 30.3 Å². The number of ether oxygens (including phenoxy) is 2. The van der Waals surface area contributed by atoms with Crippen molar-refractivity contribution in [3.05, 3.63) is 54.1 Å². The van der Waals surface area contributed by atoms with Crippen LogP contribution in [0.4, 0.5) is 0 Å². The number of nitrogens with zero attached hydrogens (tertiary/aromatic N) is 2. The number of rotatable bonds is 10. The van der Waals surface area contributed by atoms with Crippen molar-refractivity contribution in [1.82, 2.24) is 13.9 Å². The smallest absolute Gasteiger partial charge is 0.240 e. The first-order valence-corrected chi connectivity index (χ1v) is 13.3. The summed E-state index contributed by atoms with van der Waals surface area (Å²) in [5, 5.41) is 0. The molecule has 2 aromatic carbocycles. The largest absolute Gasteiger partial charge is 0.493 e. The number of nitrogens with one attached hydrogen (secondary N) is 1. The highest BCUT2D eigenvalue weighted by molar-refractivity contribution is 7.90. The molecule has 2 aromatic rings. The molecule has 1 aliphatic heterocycles. The maximum atomic E-state index is 12.7. The molecule has 0 spiro atoms. The van der Waals surface area contributed by atoms with Gasteiger partial charge in [0.1, 0.15) is 0 Å². The fourth-order valence-corrected chi connectivity index (χ4v) is 6.02. The molecule has 176 valence electrons. The number of sulfonamides is 2. The molecule has 9 nitrogen and oxygen atoms in total. The van der Waals surface area contributed by atoms with E-state index in [2.05, 4.69) is 9.62 Å². The van der Waals surface area contributed by atoms with Gasteiger partial charge in [0.15, 0.2) is 11.5 Å². The molecule has 0 bridgehead atoms. The van der Waals surface area contributed by atoms with Crippen molar-refractivity contribution in [2.75, 3.05) is 52.7 Å². The van der Waals surface area contributed by atoms with E-state index < -0.39 is 20.0 Å². The molecular formula is C21H29N3O6S2. The Morgan fingerprint density at radius 1 is 0.875 bits per heavy atom. The monoisotopic (exact) mass is 483 g/mol. The summed E-state index contributed by atoms with van der Waals surface area (Å²) in [5.41, 5.74) is 1.19. The van der Waals surface area contributed by atoms with Crippen LogP contribution in [0.5, 0.6) is 11.5 Å². The number of hydrogen-bond donors (Lipinski definition) is 1. The highest BCUT2D eigenvalue weighted by atomic mass is 32.2. The lowest BCUT2D eigenvalue weighted by molar-refractivity contribution is 0.181. The van der Waals surface area contributed by atoms with Gasteiger partial charge in [-0.15, -0.1) is 0 Å². The molecule has 0 atom stereocenters. The first kappa shape index (κ1) is 24.5. The summed E-state index contributed by atoms with van der Waals surface area (Å²) in [6.07, 6.45) is 0. The quantitative estimate of drug-likeness (QED) is 0.540. The van der Waals surface area contributed by atoms with E-state index in [0.717, 1.165) is 6.54 Å². The number of benzene rings is 2. The van der Waals surface area contributed by atoms with E-state index in [1.165, 1.54) is 42.3 Å². The third-order valence-electron chi connectivity index (χ3n) is 5.29. The second-order valence-corrected chi connectivity index (χ2v) is 11.2. The Morgan fingerprint density at radius 2 is 1.53 bits per heavy atom. The van der Waals surface area contributed by atoms with E-state index in [1.54, 1.807) is 0 Å². The average Bonchev–Trinajstić information content (AvgIpc) is 2.79. The van der Waals surface area contributed by atoms with Crippen molar-refractivity contribution in [2.45, 2.75) is 11.4 Å². The maximum Gasteiger partial charge on any atom is 0.240 e. The lowest BCUT2D eigenvalue weighted by Gasteiger charge is -2.34. The van der Waals surface area contributed by atoms with Crippen molar-refractivity contribution in [3.8, 4) is 11.5 Å². The van der Waals surface area contributed by atoms with Gasteiger partial charge in [-0.25, -0.2) is 21.6 Å². The highest BCUT2D eigenvalue weighted by Gasteiger charge is 2.27. The summed E-state index contributed by atoms with van der Waals surface area (Å²) < 4.78 is 64.5. The zero-order valence-corrected chi connectivity index (χ0v) is 19.9. The first-order chi connectivity index (χ1) is 15.2. The Kier molecular flexibility index (Phi) is 8.12. The number of methoxy groups -OCH3 is 2. The molecule has 0 radical (unpaired) electrons. The normalized spacial score (nSPS) is 16.1. The SMILES string of the molecule is COc1ccc(S(=O)(=O)NCCS(=O)(=O)N2CCN(Cc3ccccc3)CC2)cc1OC. The standard InChI is InChI=1S/C21H29N3O6S2/c1-29-20-9-8-19(16-21(20)30-2)32(27,28)22-10-15-31(25,26)24-13-11-23(12-14-24)17-18-6-4-3-5-7-18/h3-9,16,22H,10-15,17H2,1-2H3. The third-order valence-corrected chi connectivity index (χ3v) is 8.62. The van der Waals surface area contributed by atoms with E-state index in [-0.39, 0.29) is 22.9 Å². The molecule has 32 heavy (non-hydrogen) atoms. The van der Waals surface area contributed by atoms with Gasteiger partial charge in [0, 0.05) is 45.3 Å². The van der Waals surface area contributed by atoms with Gasteiger partial charge >= 0.3 is 0 Å². The molecular weight excluding hydrogens is 454 g/mol. The minimum absolute atomic E-state index is 0.0259. The van der Waals surface area contributed by atoms with Crippen molar-refractivity contribution in [1.29, 1.82) is 0 Å². The molecule has 1 N–H and O–H groups in total. The van der Waals surface area contributed by atoms with Gasteiger partial charge in [0.05, 0.1) is 24.9 Å². The Labute approximate surface area is 190 Å². The van der Waals surface area contributed by atoms with Gasteiger partial charge in [0.2, 0.25) is 20.0 Å². The predicted molar refractivity (Wildman–Crippen MR) is 122 cm³/mol. The average molecular weight is 484 g/mol. The fraction of sp³-hybridized carbons (Fsp3) is 0.429. The van der Waals surface area contributed by atoms with Gasteiger partial charge in [-0.05, 0) is 17.7 Å². The summed E-state index contributed by atoms with van der Waals surface area (Å²) in [6.45, 7) is 2.59. The summed E-state index contributed by atoms with van der Waals surface area (Å²) in [6, 6.07) is 14.2. The minimum atomic E-state index is -3.89. The number of piperazine rings is 1. The molecule has 11 heteroatoms. The van der Waals surface area contributed by atoms with Crippen LogP contribution in [0.25, 0.3) is 0 Å². The van der Waals surface area contributed by atoms with Crippen LogP contribution in [0.3, 0.4) is 0 Å². The van der Waals surface area contributed by atoms with Crippen LogP contribution in [0, 0.1) is 0 Å². The molecule has 0 saturated carbocycles. The van der Waals surface area contributed by atoms with Gasteiger partial charge in [0.25, 0.3) is 0 Å². The Morgan fingerprint density at radius 3 is 2.16 bits per heavy atom. The highest BCUT2D eigenvalue weighted by Crippen LogP contribution is 2.29. The first-order valence-electron chi connectivity index (χ1n) is 10.2. The van der Waals surface area contributed by atoms with Crippen LogP contribution in [-0.2, 0) is 26.6 Å². The molecule has 0 aromatic heterocycles. The summed E-state index contributed by atoms with van der Waals surface area (Å²) in [7, 11) is -4.60. The topological polar surface area (TPSA) is 105 Å². The Hall–Kier alpha value is -2.18. The van der Waals surface area contributed by atoms with Gasteiger partial charge < -0.3 is 9.47 Å². The Balaban J connectivity index is 1.52. The van der Waals surface area contributed by atoms with Crippen molar-refractivity contribution in [2.24, 2.45) is 0 Å². The summed E-state index contributed by atoms with van der Waals surface area (Å²) in [4.78, 5) is 2.18. The fourth-order valence-electron chi connectivity index (χ4n) is 3.51. The van der Waals surface area contributed by atoms with Crippen LogP contribution in [0.15, 0.2) is 53.4 Å². The van der Waals surface area contributed by atoms with Gasteiger partial charge in [-0.2, -0.15) is 4.31 Å². The molecule has 1 aliphatic rings. The summed E-state index contributed by atoms with van der Waals surface area (Å²) >= 11 is 0. The zero-order valence-electron chi connectivity index (χ0n) is 18.2. The van der Waals surface area contributed by atoms with Crippen LogP contribution >= 0.6 is 0 Å².